The lowest BCUT2D eigenvalue weighted by Crippen LogP contribution is -2.49. The van der Waals surface area contributed by atoms with Crippen molar-refractivity contribution in [1.82, 2.24) is 29.2 Å². The van der Waals surface area contributed by atoms with Gasteiger partial charge >= 0.3 is 0 Å². The molecule has 5 heterocycles. The summed E-state index contributed by atoms with van der Waals surface area (Å²) in [5, 5.41) is 0. The number of nitrogens with zero attached hydrogens (tertiary/aromatic N) is 6. The Balaban J connectivity index is 1.44. The molecule has 1 atom stereocenters. The van der Waals surface area contributed by atoms with Gasteiger partial charge in [0.15, 0.2) is 0 Å². The van der Waals surface area contributed by atoms with Gasteiger partial charge in [0, 0.05) is 61.7 Å². The molecule has 150 valence electrons. The van der Waals surface area contributed by atoms with Gasteiger partial charge < -0.3 is 9.30 Å². The number of hydrogen-bond donors (Lipinski definition) is 0. The molecule has 1 saturated heterocycles. The Morgan fingerprint density at radius 2 is 1.87 bits per heavy atom. The van der Waals surface area contributed by atoms with E-state index in [0.717, 1.165) is 28.9 Å². The molecule has 4 aromatic rings. The number of rotatable bonds is 3. The van der Waals surface area contributed by atoms with Crippen LogP contribution in [-0.2, 0) is 0 Å². The Kier molecular flexibility index (Phi) is 4.72. The van der Waals surface area contributed by atoms with Crippen molar-refractivity contribution in [2.45, 2.75) is 6.04 Å². The van der Waals surface area contributed by atoms with Gasteiger partial charge in [-0.2, -0.15) is 0 Å². The lowest BCUT2D eigenvalue weighted by molar-refractivity contribution is 0.0542. The molecule has 0 saturated carbocycles. The second kappa shape index (κ2) is 7.68. The van der Waals surface area contributed by atoms with Crippen molar-refractivity contribution in [3.05, 3.63) is 85.0 Å². The molecule has 1 amide bonds. The number of likely N-dealkylation sites (N-methyl/N-ethyl adjacent to an activating group) is 1. The molecule has 0 aromatic carbocycles. The highest BCUT2D eigenvalue weighted by molar-refractivity contribution is 5.94. The summed E-state index contributed by atoms with van der Waals surface area (Å²) in [5.74, 6) is 0.0397. The monoisotopic (exact) mass is 398 g/mol. The maximum Gasteiger partial charge on any atom is 0.254 e. The second-order valence-electron chi connectivity index (χ2n) is 7.57. The summed E-state index contributed by atoms with van der Waals surface area (Å²) in [7, 11) is 2.09. The first-order valence-electron chi connectivity index (χ1n) is 9.97. The van der Waals surface area contributed by atoms with Crippen molar-refractivity contribution in [1.29, 1.82) is 0 Å². The molecule has 1 fully saturated rings. The van der Waals surface area contributed by atoms with Crippen molar-refractivity contribution in [3.63, 3.8) is 0 Å². The molecule has 0 aliphatic carbocycles. The summed E-state index contributed by atoms with van der Waals surface area (Å²) in [6.07, 6.45) is 10.9. The molecular weight excluding hydrogens is 376 g/mol. The van der Waals surface area contributed by atoms with E-state index in [-0.39, 0.29) is 11.9 Å². The number of aromatic nitrogens is 4. The molecule has 0 radical (unpaired) electrons. The van der Waals surface area contributed by atoms with Gasteiger partial charge in [0.25, 0.3) is 5.91 Å². The molecule has 0 spiro atoms. The average Bonchev–Trinajstić information content (AvgIpc) is 3.23. The number of carbonyl (C=O) groups is 1. The highest BCUT2D eigenvalue weighted by Gasteiger charge is 2.31. The largest absolute Gasteiger partial charge is 0.335 e. The Hall–Kier alpha value is -3.58. The number of amides is 1. The van der Waals surface area contributed by atoms with Crippen molar-refractivity contribution in [2.24, 2.45) is 0 Å². The number of fused-ring (bicyclic) bond motifs is 1. The molecule has 1 aliphatic heterocycles. The summed E-state index contributed by atoms with van der Waals surface area (Å²) in [4.78, 5) is 30.1. The van der Waals surface area contributed by atoms with Gasteiger partial charge in [-0.1, -0.05) is 12.1 Å². The predicted octanol–water partition coefficient (Wildman–Crippen LogP) is 2.92. The van der Waals surface area contributed by atoms with Gasteiger partial charge in [0.1, 0.15) is 0 Å². The van der Waals surface area contributed by atoms with Crippen LogP contribution in [-0.4, -0.2) is 61.7 Å². The summed E-state index contributed by atoms with van der Waals surface area (Å²) in [5.41, 5.74) is 4.87. The third kappa shape index (κ3) is 3.33. The summed E-state index contributed by atoms with van der Waals surface area (Å²) in [6.45, 7) is 2.11. The Labute approximate surface area is 174 Å². The van der Waals surface area contributed by atoms with E-state index >= 15 is 0 Å². The van der Waals surface area contributed by atoms with Crippen LogP contribution >= 0.6 is 0 Å². The molecule has 30 heavy (non-hydrogen) atoms. The van der Waals surface area contributed by atoms with Crippen LogP contribution in [0.2, 0.25) is 0 Å². The molecule has 0 bridgehead atoms. The average molecular weight is 398 g/mol. The third-order valence-corrected chi connectivity index (χ3v) is 5.73. The minimum absolute atomic E-state index is 0.0397. The number of carbonyl (C=O) groups excluding carboxylic acids is 1. The lowest BCUT2D eigenvalue weighted by atomic mass is 10.1. The van der Waals surface area contributed by atoms with Crippen LogP contribution < -0.4 is 0 Å². The van der Waals surface area contributed by atoms with Crippen LogP contribution in [0.3, 0.4) is 0 Å². The summed E-state index contributed by atoms with van der Waals surface area (Å²) >= 11 is 0. The fourth-order valence-corrected chi connectivity index (χ4v) is 4.01. The van der Waals surface area contributed by atoms with Crippen LogP contribution in [0.25, 0.3) is 16.6 Å². The van der Waals surface area contributed by atoms with E-state index in [1.165, 1.54) is 0 Å². The minimum Gasteiger partial charge on any atom is -0.335 e. The van der Waals surface area contributed by atoms with E-state index in [0.29, 0.717) is 18.7 Å². The number of imidazole rings is 1. The zero-order valence-corrected chi connectivity index (χ0v) is 16.7. The zero-order chi connectivity index (χ0) is 20.5. The highest BCUT2D eigenvalue weighted by Crippen LogP contribution is 2.28. The van der Waals surface area contributed by atoms with Crippen molar-refractivity contribution in [2.75, 3.05) is 26.7 Å². The lowest BCUT2D eigenvalue weighted by Gasteiger charge is -2.38. The summed E-state index contributed by atoms with van der Waals surface area (Å²) < 4.78 is 2.05. The molecule has 0 N–H and O–H groups in total. The quantitative estimate of drug-likeness (QED) is 0.531. The van der Waals surface area contributed by atoms with Crippen molar-refractivity contribution >= 4 is 11.4 Å². The molecule has 5 rings (SSSR count). The van der Waals surface area contributed by atoms with Gasteiger partial charge in [-0.05, 0) is 36.9 Å². The third-order valence-electron chi connectivity index (χ3n) is 5.73. The topological polar surface area (TPSA) is 66.6 Å². The standard InChI is InChI=1S/C23H22N6O/c1-27-11-12-28(23(30)17-6-9-24-10-7-17)15-21(27)22-20-5-4-19(14-29(20)16-26-22)18-3-2-8-25-13-18/h2-10,13-14,16,21H,11-12,15H2,1H3/t21-/m1/s1. The van der Waals surface area contributed by atoms with Gasteiger partial charge in [-0.15, -0.1) is 0 Å². The maximum absolute atomic E-state index is 12.9. The van der Waals surface area contributed by atoms with Crippen LogP contribution in [0.1, 0.15) is 22.1 Å². The summed E-state index contributed by atoms with van der Waals surface area (Å²) in [6, 6.07) is 11.7. The molecule has 4 aromatic heterocycles. The minimum atomic E-state index is 0.0397. The van der Waals surface area contributed by atoms with Gasteiger partial charge in [0.2, 0.25) is 0 Å². The van der Waals surface area contributed by atoms with Crippen LogP contribution in [0.15, 0.2) is 73.7 Å². The number of piperazine rings is 1. The molecule has 7 nitrogen and oxygen atoms in total. The van der Waals surface area contributed by atoms with E-state index in [1.54, 1.807) is 30.7 Å². The highest BCUT2D eigenvalue weighted by atomic mass is 16.2. The van der Waals surface area contributed by atoms with E-state index in [1.807, 2.05) is 29.6 Å². The SMILES string of the molecule is CN1CCN(C(=O)c2ccncc2)C[C@@H]1c1ncn2cc(-c3cccnc3)ccc12. The second-order valence-corrected chi connectivity index (χ2v) is 7.57. The van der Waals surface area contributed by atoms with E-state index in [9.17, 15) is 4.79 Å². The molecule has 0 unspecified atom stereocenters. The van der Waals surface area contributed by atoms with E-state index in [4.69, 9.17) is 4.98 Å². The van der Waals surface area contributed by atoms with Gasteiger partial charge in [0.05, 0.1) is 23.6 Å². The Bertz CT molecular complexity index is 1170. The van der Waals surface area contributed by atoms with Gasteiger partial charge in [-0.25, -0.2) is 4.98 Å². The predicted molar refractivity (Wildman–Crippen MR) is 114 cm³/mol. The van der Waals surface area contributed by atoms with Gasteiger partial charge in [-0.3, -0.25) is 19.7 Å². The number of pyridine rings is 3. The molecule has 1 aliphatic rings. The first-order chi connectivity index (χ1) is 14.7. The van der Waals surface area contributed by atoms with Crippen molar-refractivity contribution in [3.8, 4) is 11.1 Å². The normalized spacial score (nSPS) is 17.4. The maximum atomic E-state index is 12.9. The van der Waals surface area contributed by atoms with E-state index < -0.39 is 0 Å². The van der Waals surface area contributed by atoms with Crippen molar-refractivity contribution < 1.29 is 4.79 Å². The van der Waals surface area contributed by atoms with Crippen LogP contribution in [0.4, 0.5) is 0 Å². The Morgan fingerprint density at radius 1 is 1.00 bits per heavy atom. The first kappa shape index (κ1) is 18.4. The smallest absolute Gasteiger partial charge is 0.254 e. The number of hydrogen-bond acceptors (Lipinski definition) is 5. The zero-order valence-electron chi connectivity index (χ0n) is 16.7. The fourth-order valence-electron chi connectivity index (χ4n) is 4.01. The molecule has 7 heteroatoms. The van der Waals surface area contributed by atoms with Crippen LogP contribution in [0, 0.1) is 0 Å². The van der Waals surface area contributed by atoms with E-state index in [2.05, 4.69) is 44.6 Å². The van der Waals surface area contributed by atoms with Crippen LogP contribution in [0.5, 0.6) is 0 Å². The molecular formula is C23H22N6O. The Morgan fingerprint density at radius 3 is 2.67 bits per heavy atom. The fraction of sp³-hybridized carbons (Fsp3) is 0.217. The first-order valence-corrected chi connectivity index (χ1v) is 9.97.